The third-order valence-electron chi connectivity index (χ3n) is 6.25. The molecule has 0 aliphatic heterocycles. The maximum Gasteiger partial charge on any atom is 0.405 e. The number of rotatable bonds is 19. The predicted molar refractivity (Wildman–Crippen MR) is 123 cm³/mol. The monoisotopic (exact) mass is 428 g/mol. The van der Waals surface area contributed by atoms with E-state index in [4.69, 9.17) is 20.9 Å². The molecule has 6 heteroatoms. The predicted octanol–water partition coefficient (Wildman–Crippen LogP) is 6.69. The molecule has 178 valence electrons. The lowest BCUT2D eigenvalue weighted by molar-refractivity contribution is -0.0321. The average Bonchev–Trinajstić information content (AvgIpc) is 2.70. The van der Waals surface area contributed by atoms with Crippen LogP contribution in [0.15, 0.2) is 0 Å². The Morgan fingerprint density at radius 1 is 0.767 bits per heavy atom. The zero-order valence-corrected chi connectivity index (χ0v) is 20.0. The molecule has 0 saturated heterocycles. The van der Waals surface area contributed by atoms with Crippen LogP contribution in [0.2, 0.25) is 0 Å². The van der Waals surface area contributed by atoms with E-state index in [9.17, 15) is 9.59 Å². The fourth-order valence-corrected chi connectivity index (χ4v) is 4.47. The number of hydrogen-bond donors (Lipinski definition) is 2. The first-order valence-corrected chi connectivity index (χ1v) is 12.2. The van der Waals surface area contributed by atoms with Crippen LogP contribution in [0.1, 0.15) is 118 Å². The molecule has 6 nitrogen and oxygen atoms in total. The molecule has 2 amide bonds. The smallest absolute Gasteiger partial charge is 0.405 e. The van der Waals surface area contributed by atoms with Crippen molar-refractivity contribution >= 4 is 12.2 Å². The van der Waals surface area contributed by atoms with Crippen molar-refractivity contribution in [3.63, 3.8) is 0 Å². The van der Waals surface area contributed by atoms with Crippen LogP contribution in [0.25, 0.3) is 0 Å². The lowest BCUT2D eigenvalue weighted by Gasteiger charge is -2.38. The molecule has 0 aromatic heterocycles. The molecule has 0 aliphatic rings. The molecular weight excluding hydrogens is 380 g/mol. The summed E-state index contributed by atoms with van der Waals surface area (Å²) in [7, 11) is 0. The highest BCUT2D eigenvalue weighted by atomic mass is 16.6. The highest BCUT2D eigenvalue weighted by molar-refractivity contribution is 5.65. The fraction of sp³-hybridized carbons (Fsp3) is 0.917. The normalized spacial score (nSPS) is 15.2. The van der Waals surface area contributed by atoms with Gasteiger partial charge in [0.2, 0.25) is 0 Å². The summed E-state index contributed by atoms with van der Waals surface area (Å²) >= 11 is 0. The molecule has 0 heterocycles. The second-order valence-electron chi connectivity index (χ2n) is 8.82. The van der Waals surface area contributed by atoms with Gasteiger partial charge in [-0.3, -0.25) is 0 Å². The number of amides is 2. The molecular formula is C24H48N2O4. The lowest BCUT2D eigenvalue weighted by atomic mass is 9.76. The second-order valence-corrected chi connectivity index (χ2v) is 8.82. The average molecular weight is 429 g/mol. The Bertz CT molecular complexity index is 438. The zero-order valence-electron chi connectivity index (χ0n) is 20.0. The van der Waals surface area contributed by atoms with Crippen molar-refractivity contribution in [2.24, 2.45) is 23.3 Å². The van der Waals surface area contributed by atoms with Crippen molar-refractivity contribution in [1.82, 2.24) is 0 Å². The molecule has 0 rings (SSSR count). The van der Waals surface area contributed by atoms with E-state index in [-0.39, 0.29) is 0 Å². The van der Waals surface area contributed by atoms with Gasteiger partial charge in [0.25, 0.3) is 0 Å². The van der Waals surface area contributed by atoms with Crippen LogP contribution in [0, 0.1) is 11.8 Å². The van der Waals surface area contributed by atoms with Gasteiger partial charge in [-0.05, 0) is 50.4 Å². The van der Waals surface area contributed by atoms with Gasteiger partial charge in [-0.1, -0.05) is 79.1 Å². The quantitative estimate of drug-likeness (QED) is 0.224. The SMILES string of the molecule is CCCCC(CC)CC(CCCCCOC(N)=O)(CC(CC)CCCC)OC(N)=O. The van der Waals surface area contributed by atoms with E-state index in [1.165, 1.54) is 25.7 Å². The van der Waals surface area contributed by atoms with Gasteiger partial charge in [0, 0.05) is 0 Å². The second kappa shape index (κ2) is 17.2. The van der Waals surface area contributed by atoms with Gasteiger partial charge < -0.3 is 20.9 Å². The minimum Gasteiger partial charge on any atom is -0.450 e. The van der Waals surface area contributed by atoms with Gasteiger partial charge in [-0.15, -0.1) is 0 Å². The number of carbonyl (C=O) groups excluding carboxylic acids is 2. The molecule has 0 aromatic rings. The summed E-state index contributed by atoms with van der Waals surface area (Å²) in [6.07, 6.45) is 13.0. The summed E-state index contributed by atoms with van der Waals surface area (Å²) in [6, 6.07) is 0. The highest BCUT2D eigenvalue weighted by Gasteiger charge is 2.37. The van der Waals surface area contributed by atoms with Crippen molar-refractivity contribution in [1.29, 1.82) is 0 Å². The Morgan fingerprint density at radius 3 is 1.70 bits per heavy atom. The van der Waals surface area contributed by atoms with Crippen LogP contribution in [0.5, 0.6) is 0 Å². The third kappa shape index (κ3) is 13.7. The van der Waals surface area contributed by atoms with Gasteiger partial charge in [-0.2, -0.15) is 0 Å². The Morgan fingerprint density at radius 2 is 1.30 bits per heavy atom. The molecule has 0 saturated carbocycles. The van der Waals surface area contributed by atoms with Crippen LogP contribution >= 0.6 is 0 Å². The van der Waals surface area contributed by atoms with E-state index in [0.717, 1.165) is 64.2 Å². The first kappa shape index (κ1) is 28.5. The number of primary amides is 2. The molecule has 0 aromatic carbocycles. The van der Waals surface area contributed by atoms with E-state index in [2.05, 4.69) is 27.7 Å². The minimum absolute atomic E-state index is 0.335. The number of hydrogen-bond acceptors (Lipinski definition) is 4. The molecule has 0 fully saturated rings. The van der Waals surface area contributed by atoms with Crippen molar-refractivity contribution in [2.75, 3.05) is 6.61 Å². The summed E-state index contributed by atoms with van der Waals surface area (Å²) in [5, 5.41) is 0. The zero-order chi connectivity index (χ0) is 22.8. The Labute approximate surface area is 184 Å². The Kier molecular flexibility index (Phi) is 16.4. The number of carbonyl (C=O) groups is 2. The van der Waals surface area contributed by atoms with E-state index in [0.29, 0.717) is 18.4 Å². The van der Waals surface area contributed by atoms with E-state index < -0.39 is 17.8 Å². The van der Waals surface area contributed by atoms with E-state index in [1.807, 2.05) is 0 Å². The Hall–Kier alpha value is -1.46. The van der Waals surface area contributed by atoms with Crippen molar-refractivity contribution in [2.45, 2.75) is 123 Å². The van der Waals surface area contributed by atoms with Gasteiger partial charge in [-0.25, -0.2) is 9.59 Å². The molecule has 30 heavy (non-hydrogen) atoms. The summed E-state index contributed by atoms with van der Waals surface area (Å²) in [6.45, 7) is 9.22. The van der Waals surface area contributed by atoms with Gasteiger partial charge in [0.05, 0.1) is 6.61 Å². The van der Waals surface area contributed by atoms with E-state index in [1.54, 1.807) is 0 Å². The fourth-order valence-electron chi connectivity index (χ4n) is 4.47. The van der Waals surface area contributed by atoms with Crippen LogP contribution < -0.4 is 11.5 Å². The highest BCUT2D eigenvalue weighted by Crippen LogP contribution is 2.38. The molecule has 0 spiro atoms. The maximum atomic E-state index is 11.9. The third-order valence-corrected chi connectivity index (χ3v) is 6.25. The number of nitrogens with two attached hydrogens (primary N) is 2. The number of unbranched alkanes of at least 4 members (excludes halogenated alkanes) is 4. The van der Waals surface area contributed by atoms with Crippen molar-refractivity contribution in [3.8, 4) is 0 Å². The van der Waals surface area contributed by atoms with Crippen molar-refractivity contribution in [3.05, 3.63) is 0 Å². The molecule has 4 N–H and O–H groups in total. The summed E-state index contributed by atoms with van der Waals surface area (Å²) in [5.74, 6) is 1.07. The molecule has 0 bridgehead atoms. The van der Waals surface area contributed by atoms with Crippen LogP contribution in [0.4, 0.5) is 9.59 Å². The van der Waals surface area contributed by atoms with Gasteiger partial charge in [0.15, 0.2) is 0 Å². The van der Waals surface area contributed by atoms with Crippen LogP contribution in [0.3, 0.4) is 0 Å². The molecule has 0 radical (unpaired) electrons. The summed E-state index contributed by atoms with van der Waals surface area (Å²) in [5.41, 5.74) is 10.1. The van der Waals surface area contributed by atoms with Gasteiger partial charge >= 0.3 is 12.2 Å². The molecule has 0 aliphatic carbocycles. The topological polar surface area (TPSA) is 105 Å². The Balaban J connectivity index is 5.30. The first-order valence-electron chi connectivity index (χ1n) is 12.2. The van der Waals surface area contributed by atoms with Crippen LogP contribution in [-0.2, 0) is 9.47 Å². The van der Waals surface area contributed by atoms with Gasteiger partial charge in [0.1, 0.15) is 5.60 Å². The molecule has 2 unspecified atom stereocenters. The minimum atomic E-state index is -0.732. The first-order chi connectivity index (χ1) is 14.3. The van der Waals surface area contributed by atoms with Crippen molar-refractivity contribution < 1.29 is 19.1 Å². The standard InChI is InChI=1S/C24H48N2O4/c1-5-9-14-20(7-3)18-24(30-23(26)28,19-21(8-4)15-10-6-2)16-12-11-13-17-29-22(25)27/h20-21H,5-19H2,1-4H3,(H2,25,27)(H2,26,28). The van der Waals surface area contributed by atoms with E-state index >= 15 is 0 Å². The number of ether oxygens (including phenoxy) is 2. The lowest BCUT2D eigenvalue weighted by Crippen LogP contribution is -2.41. The summed E-state index contributed by atoms with van der Waals surface area (Å²) in [4.78, 5) is 22.6. The molecule has 2 atom stereocenters. The van der Waals surface area contributed by atoms with Crippen LogP contribution in [-0.4, -0.2) is 24.4 Å². The maximum absolute atomic E-state index is 11.9. The largest absolute Gasteiger partial charge is 0.450 e. The summed E-state index contributed by atoms with van der Waals surface area (Å²) < 4.78 is 10.8.